The number of rotatable bonds is 12. The van der Waals surface area contributed by atoms with Crippen LogP contribution in [0.3, 0.4) is 0 Å². The molecule has 1 aromatic rings. The third kappa shape index (κ3) is 7.95. The molecule has 0 unspecified atom stereocenters. The first kappa shape index (κ1) is 19.9. The molecule has 1 aromatic carbocycles. The zero-order chi connectivity index (χ0) is 16.2. The Morgan fingerprint density at radius 3 is 2.50 bits per heavy atom. The molecule has 0 heterocycles. The van der Waals surface area contributed by atoms with E-state index in [4.69, 9.17) is 9.47 Å². The van der Waals surface area contributed by atoms with Crippen molar-refractivity contribution in [2.45, 2.75) is 46.1 Å². The van der Waals surface area contributed by atoms with E-state index in [1.807, 2.05) is 6.07 Å². The van der Waals surface area contributed by atoms with Crippen LogP contribution in [0, 0.1) is 0 Å². The highest BCUT2D eigenvalue weighted by molar-refractivity contribution is 9.11. The predicted octanol–water partition coefficient (Wildman–Crippen LogP) is 5.30. The van der Waals surface area contributed by atoms with Crippen molar-refractivity contribution in [2.75, 3.05) is 26.4 Å². The molecule has 0 aliphatic rings. The first-order chi connectivity index (χ1) is 10.7. The number of benzene rings is 1. The number of halogens is 2. The maximum atomic E-state index is 5.86. The summed E-state index contributed by atoms with van der Waals surface area (Å²) in [7, 11) is 0. The molecule has 3 nitrogen and oxygen atoms in total. The molecule has 5 heteroatoms. The fourth-order valence-electron chi connectivity index (χ4n) is 1.98. The Bertz CT molecular complexity index is 427. The maximum absolute atomic E-state index is 5.86. The van der Waals surface area contributed by atoms with Gasteiger partial charge in [-0.15, -0.1) is 0 Å². The van der Waals surface area contributed by atoms with E-state index in [-0.39, 0.29) is 0 Å². The molecule has 0 aliphatic carbocycles. The Labute approximate surface area is 151 Å². The summed E-state index contributed by atoms with van der Waals surface area (Å²) in [6, 6.07) is 4.14. The smallest absolute Gasteiger partial charge is 0.138 e. The Morgan fingerprint density at radius 2 is 1.77 bits per heavy atom. The van der Waals surface area contributed by atoms with Gasteiger partial charge in [-0.3, -0.25) is 0 Å². The molecule has 0 bridgehead atoms. The molecular formula is C17H27Br2NO2. The van der Waals surface area contributed by atoms with Crippen LogP contribution in [-0.4, -0.2) is 26.4 Å². The van der Waals surface area contributed by atoms with Crippen LogP contribution < -0.4 is 10.1 Å². The molecule has 0 spiro atoms. The van der Waals surface area contributed by atoms with Crippen LogP contribution in [0.1, 0.15) is 45.1 Å². The molecular weight excluding hydrogens is 410 g/mol. The lowest BCUT2D eigenvalue weighted by molar-refractivity contribution is 0.128. The van der Waals surface area contributed by atoms with E-state index in [2.05, 4.69) is 57.1 Å². The van der Waals surface area contributed by atoms with Crippen LogP contribution in [-0.2, 0) is 11.3 Å². The second kappa shape index (κ2) is 12.3. The van der Waals surface area contributed by atoms with Gasteiger partial charge in [0.15, 0.2) is 0 Å². The SMILES string of the molecule is CCCCOCCCNCc1cc(Br)cc(Br)c1OCCC. The quantitative estimate of drug-likeness (QED) is 0.451. The number of hydrogen-bond donors (Lipinski definition) is 1. The third-order valence-electron chi connectivity index (χ3n) is 3.14. The summed E-state index contributed by atoms with van der Waals surface area (Å²) in [5, 5.41) is 3.46. The Kier molecular flexibility index (Phi) is 11.2. The van der Waals surface area contributed by atoms with Crippen molar-refractivity contribution in [2.24, 2.45) is 0 Å². The van der Waals surface area contributed by atoms with Crippen LogP contribution in [0.5, 0.6) is 5.75 Å². The summed E-state index contributed by atoms with van der Waals surface area (Å²) in [4.78, 5) is 0. The van der Waals surface area contributed by atoms with Gasteiger partial charge < -0.3 is 14.8 Å². The average Bonchev–Trinajstić information content (AvgIpc) is 2.49. The minimum Gasteiger partial charge on any atom is -0.492 e. The molecule has 22 heavy (non-hydrogen) atoms. The van der Waals surface area contributed by atoms with E-state index in [1.165, 1.54) is 12.0 Å². The van der Waals surface area contributed by atoms with Crippen LogP contribution in [0.15, 0.2) is 21.1 Å². The van der Waals surface area contributed by atoms with Crippen molar-refractivity contribution in [1.82, 2.24) is 5.32 Å². The average molecular weight is 437 g/mol. The van der Waals surface area contributed by atoms with Crippen molar-refractivity contribution in [3.8, 4) is 5.75 Å². The fourth-order valence-corrected chi connectivity index (χ4v) is 3.41. The molecule has 0 fully saturated rings. The first-order valence-corrected chi connectivity index (χ1v) is 9.66. The number of unbranched alkanes of at least 4 members (excludes halogenated alkanes) is 1. The van der Waals surface area contributed by atoms with E-state index in [9.17, 15) is 0 Å². The van der Waals surface area contributed by atoms with Gasteiger partial charge in [-0.2, -0.15) is 0 Å². The highest BCUT2D eigenvalue weighted by atomic mass is 79.9. The van der Waals surface area contributed by atoms with Gasteiger partial charge in [0.25, 0.3) is 0 Å². The summed E-state index contributed by atoms with van der Waals surface area (Å²) in [5.74, 6) is 0.941. The fraction of sp³-hybridized carbons (Fsp3) is 0.647. The molecule has 1 rings (SSSR count). The van der Waals surface area contributed by atoms with Crippen LogP contribution >= 0.6 is 31.9 Å². The third-order valence-corrected chi connectivity index (χ3v) is 4.18. The molecule has 0 aliphatic heterocycles. The standard InChI is InChI=1S/C17H27Br2NO2/c1-3-5-9-21-10-6-7-20-13-14-11-15(18)12-16(19)17(14)22-8-4-2/h11-12,20H,3-10,13H2,1-2H3. The van der Waals surface area contributed by atoms with E-state index in [0.29, 0.717) is 0 Å². The van der Waals surface area contributed by atoms with Crippen LogP contribution in [0.2, 0.25) is 0 Å². The summed E-state index contributed by atoms with van der Waals surface area (Å²) in [6.45, 7) is 8.48. The zero-order valence-electron chi connectivity index (χ0n) is 13.6. The molecule has 0 amide bonds. The van der Waals surface area contributed by atoms with Crippen LogP contribution in [0.25, 0.3) is 0 Å². The molecule has 0 saturated carbocycles. The van der Waals surface area contributed by atoms with Gasteiger partial charge in [0.1, 0.15) is 5.75 Å². The van der Waals surface area contributed by atoms with Gasteiger partial charge in [-0.25, -0.2) is 0 Å². The molecule has 0 saturated heterocycles. The van der Waals surface area contributed by atoms with Crippen molar-refractivity contribution < 1.29 is 9.47 Å². The first-order valence-electron chi connectivity index (χ1n) is 8.08. The number of nitrogens with one attached hydrogen (secondary N) is 1. The molecule has 0 radical (unpaired) electrons. The second-order valence-corrected chi connectivity index (χ2v) is 6.99. The minimum absolute atomic E-state index is 0.735. The van der Waals surface area contributed by atoms with Gasteiger partial charge in [-0.05, 0) is 53.9 Å². The van der Waals surface area contributed by atoms with E-state index in [1.54, 1.807) is 0 Å². The molecule has 126 valence electrons. The maximum Gasteiger partial charge on any atom is 0.138 e. The Balaban J connectivity index is 2.37. The second-order valence-electron chi connectivity index (χ2n) is 5.22. The van der Waals surface area contributed by atoms with Gasteiger partial charge in [0, 0.05) is 29.8 Å². The zero-order valence-corrected chi connectivity index (χ0v) is 16.8. The molecule has 0 aromatic heterocycles. The summed E-state index contributed by atoms with van der Waals surface area (Å²) in [5.41, 5.74) is 1.17. The predicted molar refractivity (Wildman–Crippen MR) is 99.7 cm³/mol. The highest BCUT2D eigenvalue weighted by Crippen LogP contribution is 2.33. The Morgan fingerprint density at radius 1 is 1.00 bits per heavy atom. The normalized spacial score (nSPS) is 10.9. The van der Waals surface area contributed by atoms with Crippen molar-refractivity contribution in [1.29, 1.82) is 0 Å². The molecule has 1 N–H and O–H groups in total. The van der Waals surface area contributed by atoms with E-state index >= 15 is 0 Å². The number of ether oxygens (including phenoxy) is 2. The molecule has 0 atom stereocenters. The lowest BCUT2D eigenvalue weighted by Crippen LogP contribution is -2.17. The van der Waals surface area contributed by atoms with Gasteiger partial charge in [-0.1, -0.05) is 36.2 Å². The lowest BCUT2D eigenvalue weighted by Gasteiger charge is -2.14. The van der Waals surface area contributed by atoms with Gasteiger partial charge >= 0.3 is 0 Å². The number of hydrogen-bond acceptors (Lipinski definition) is 3. The summed E-state index contributed by atoms with van der Waals surface area (Å²) >= 11 is 7.12. The highest BCUT2D eigenvalue weighted by Gasteiger charge is 2.09. The van der Waals surface area contributed by atoms with Crippen molar-refractivity contribution in [3.05, 3.63) is 26.6 Å². The minimum atomic E-state index is 0.735. The van der Waals surface area contributed by atoms with Crippen molar-refractivity contribution >= 4 is 31.9 Å². The van der Waals surface area contributed by atoms with Gasteiger partial charge in [0.05, 0.1) is 11.1 Å². The van der Waals surface area contributed by atoms with E-state index < -0.39 is 0 Å². The topological polar surface area (TPSA) is 30.5 Å². The summed E-state index contributed by atoms with van der Waals surface area (Å²) < 4.78 is 13.5. The summed E-state index contributed by atoms with van der Waals surface area (Å²) in [6.07, 6.45) is 4.38. The Hall–Kier alpha value is -0.100. The van der Waals surface area contributed by atoms with E-state index in [0.717, 1.165) is 66.9 Å². The van der Waals surface area contributed by atoms with Crippen molar-refractivity contribution in [3.63, 3.8) is 0 Å². The lowest BCUT2D eigenvalue weighted by atomic mass is 10.2. The van der Waals surface area contributed by atoms with Gasteiger partial charge in [0.2, 0.25) is 0 Å². The van der Waals surface area contributed by atoms with Crippen LogP contribution in [0.4, 0.5) is 0 Å². The largest absolute Gasteiger partial charge is 0.492 e. The monoisotopic (exact) mass is 435 g/mol.